The van der Waals surface area contributed by atoms with Gasteiger partial charge in [0.15, 0.2) is 0 Å². The normalized spacial score (nSPS) is 13.6. The number of rotatable bonds is 6. The minimum absolute atomic E-state index is 0.0783. The van der Waals surface area contributed by atoms with Crippen molar-refractivity contribution in [2.45, 2.75) is 26.8 Å². The minimum atomic E-state index is -3.99. The molecule has 0 aromatic carbocycles. The molecule has 8 heteroatoms. The molecule has 0 fully saturated rings. The average molecular weight is 254 g/mol. The molecule has 1 amide bonds. The Morgan fingerprint density at radius 2 is 2.00 bits per heavy atom. The van der Waals surface area contributed by atoms with E-state index in [2.05, 4.69) is 9.46 Å². The lowest BCUT2D eigenvalue weighted by Gasteiger charge is -2.19. The predicted octanol–water partition coefficient (Wildman–Crippen LogP) is -0.416. The second kappa shape index (κ2) is 6.66. The molecular formula is C8H18N2O5S. The van der Waals surface area contributed by atoms with Gasteiger partial charge in [0.1, 0.15) is 0 Å². The molecule has 0 aromatic heterocycles. The Balaban J connectivity index is 4.39. The fourth-order valence-corrected chi connectivity index (χ4v) is 1.97. The molecule has 0 rings (SSSR count). The van der Waals surface area contributed by atoms with Crippen molar-refractivity contribution in [3.05, 3.63) is 0 Å². The maximum absolute atomic E-state index is 11.4. The number of hydrogen-bond acceptors (Lipinski definition) is 5. The van der Waals surface area contributed by atoms with Gasteiger partial charge in [0.05, 0.1) is 13.2 Å². The van der Waals surface area contributed by atoms with Crippen LogP contribution in [0.25, 0.3) is 0 Å². The predicted molar refractivity (Wildman–Crippen MR) is 57.9 cm³/mol. The van der Waals surface area contributed by atoms with Crippen LogP contribution in [0.1, 0.15) is 20.8 Å². The van der Waals surface area contributed by atoms with E-state index in [0.717, 1.165) is 0 Å². The highest BCUT2D eigenvalue weighted by Gasteiger charge is 2.22. The fourth-order valence-electron chi connectivity index (χ4n) is 0.883. The van der Waals surface area contributed by atoms with Gasteiger partial charge in [-0.25, -0.2) is 9.52 Å². The quantitative estimate of drug-likeness (QED) is 0.597. The van der Waals surface area contributed by atoms with Crippen LogP contribution in [0, 0.1) is 5.92 Å². The van der Waals surface area contributed by atoms with Gasteiger partial charge in [-0.1, -0.05) is 13.8 Å². The van der Waals surface area contributed by atoms with Gasteiger partial charge in [0, 0.05) is 6.04 Å². The highest BCUT2D eigenvalue weighted by molar-refractivity contribution is 7.88. The summed E-state index contributed by atoms with van der Waals surface area (Å²) in [4.78, 5) is 10.9. The number of ether oxygens (including phenoxy) is 1. The molecule has 0 aliphatic heterocycles. The topological polar surface area (TPSA) is 105 Å². The molecule has 0 radical (unpaired) electrons. The van der Waals surface area contributed by atoms with E-state index >= 15 is 0 Å². The molecule has 0 unspecified atom stereocenters. The van der Waals surface area contributed by atoms with E-state index < -0.39 is 22.3 Å². The van der Waals surface area contributed by atoms with Gasteiger partial charge in [0.2, 0.25) is 0 Å². The van der Waals surface area contributed by atoms with Crippen LogP contribution in [0.4, 0.5) is 4.79 Å². The first-order chi connectivity index (χ1) is 7.32. The molecule has 0 aliphatic rings. The van der Waals surface area contributed by atoms with Crippen molar-refractivity contribution in [1.82, 2.24) is 9.44 Å². The molecule has 7 nitrogen and oxygen atoms in total. The first-order valence-corrected chi connectivity index (χ1v) is 6.38. The molecular weight excluding hydrogens is 236 g/mol. The van der Waals surface area contributed by atoms with E-state index in [1.165, 1.54) is 0 Å². The Hall–Kier alpha value is -0.860. The van der Waals surface area contributed by atoms with Crippen molar-refractivity contribution < 1.29 is 23.1 Å². The SMILES string of the molecule is CCOC(=O)NS(=O)(=O)N[C@H](CO)C(C)C. The van der Waals surface area contributed by atoms with Crippen LogP contribution in [0.5, 0.6) is 0 Å². The van der Waals surface area contributed by atoms with Gasteiger partial charge in [-0.15, -0.1) is 0 Å². The molecule has 0 saturated heterocycles. The smallest absolute Gasteiger partial charge is 0.421 e. The fraction of sp³-hybridized carbons (Fsp3) is 0.875. The third-order valence-corrected chi connectivity index (χ3v) is 2.85. The number of carbonyl (C=O) groups excluding carboxylic acids is 1. The van der Waals surface area contributed by atoms with E-state index in [-0.39, 0.29) is 19.1 Å². The van der Waals surface area contributed by atoms with Crippen molar-refractivity contribution >= 4 is 16.3 Å². The summed E-state index contributed by atoms with van der Waals surface area (Å²) in [7, 11) is -3.99. The third kappa shape index (κ3) is 5.89. The first kappa shape index (κ1) is 15.1. The monoisotopic (exact) mass is 254 g/mol. The Kier molecular flexibility index (Phi) is 6.31. The molecule has 0 aromatic rings. The Labute approximate surface area is 95.4 Å². The van der Waals surface area contributed by atoms with Crippen molar-refractivity contribution in [3.8, 4) is 0 Å². The number of aliphatic hydroxyl groups excluding tert-OH is 1. The summed E-state index contributed by atoms with van der Waals surface area (Å²) < 4.78 is 30.9. The summed E-state index contributed by atoms with van der Waals surface area (Å²) in [6.07, 6.45) is -1.05. The van der Waals surface area contributed by atoms with Crippen LogP contribution in [0.15, 0.2) is 0 Å². The van der Waals surface area contributed by atoms with Crippen LogP contribution in [0.2, 0.25) is 0 Å². The van der Waals surface area contributed by atoms with Crippen LogP contribution < -0.4 is 9.44 Å². The highest BCUT2D eigenvalue weighted by Crippen LogP contribution is 2.01. The Morgan fingerprint density at radius 3 is 2.38 bits per heavy atom. The second-order valence-electron chi connectivity index (χ2n) is 3.48. The zero-order valence-corrected chi connectivity index (χ0v) is 10.4. The first-order valence-electron chi connectivity index (χ1n) is 4.90. The highest BCUT2D eigenvalue weighted by atomic mass is 32.2. The zero-order chi connectivity index (χ0) is 12.8. The molecule has 0 heterocycles. The van der Waals surface area contributed by atoms with Crippen molar-refractivity contribution in [1.29, 1.82) is 0 Å². The van der Waals surface area contributed by atoms with Gasteiger partial charge < -0.3 is 9.84 Å². The van der Waals surface area contributed by atoms with E-state index in [4.69, 9.17) is 5.11 Å². The Morgan fingerprint density at radius 1 is 1.44 bits per heavy atom. The number of nitrogens with one attached hydrogen (secondary N) is 2. The summed E-state index contributed by atoms with van der Waals surface area (Å²) >= 11 is 0. The summed E-state index contributed by atoms with van der Waals surface area (Å²) in [6.45, 7) is 4.78. The number of carbonyl (C=O) groups is 1. The second-order valence-corrected chi connectivity index (χ2v) is 4.92. The molecule has 0 saturated carbocycles. The molecule has 0 spiro atoms. The molecule has 96 valence electrons. The van der Waals surface area contributed by atoms with Gasteiger partial charge in [-0.2, -0.15) is 13.1 Å². The van der Waals surface area contributed by atoms with Crippen LogP contribution in [-0.4, -0.2) is 38.9 Å². The summed E-state index contributed by atoms with van der Waals surface area (Å²) in [5.41, 5.74) is 0. The molecule has 0 bridgehead atoms. The maximum Gasteiger partial charge on any atom is 0.421 e. The minimum Gasteiger partial charge on any atom is -0.449 e. The number of aliphatic hydroxyl groups is 1. The van der Waals surface area contributed by atoms with E-state index in [1.807, 2.05) is 0 Å². The van der Waals surface area contributed by atoms with Gasteiger partial charge in [-0.05, 0) is 12.8 Å². The lowest BCUT2D eigenvalue weighted by molar-refractivity contribution is 0.158. The van der Waals surface area contributed by atoms with Crippen molar-refractivity contribution in [2.24, 2.45) is 5.92 Å². The van der Waals surface area contributed by atoms with E-state index in [9.17, 15) is 13.2 Å². The molecule has 16 heavy (non-hydrogen) atoms. The average Bonchev–Trinajstić information content (AvgIpc) is 2.13. The third-order valence-electron chi connectivity index (χ3n) is 1.80. The van der Waals surface area contributed by atoms with Crippen molar-refractivity contribution in [2.75, 3.05) is 13.2 Å². The Bertz CT molecular complexity index is 314. The van der Waals surface area contributed by atoms with Crippen molar-refractivity contribution in [3.63, 3.8) is 0 Å². The van der Waals surface area contributed by atoms with Gasteiger partial charge >= 0.3 is 16.3 Å². The molecule has 3 N–H and O–H groups in total. The standard InChI is InChI=1S/C8H18N2O5S/c1-4-15-8(12)10-16(13,14)9-7(5-11)6(2)3/h6-7,9,11H,4-5H2,1-3H3,(H,10,12)/t7-/m1/s1. The number of hydrogen-bond donors (Lipinski definition) is 3. The molecule has 0 aliphatic carbocycles. The lowest BCUT2D eigenvalue weighted by Crippen LogP contribution is -2.48. The summed E-state index contributed by atoms with van der Waals surface area (Å²) in [6, 6.07) is -0.646. The van der Waals surface area contributed by atoms with Gasteiger partial charge in [-0.3, -0.25) is 0 Å². The van der Waals surface area contributed by atoms with E-state index in [1.54, 1.807) is 25.5 Å². The van der Waals surface area contributed by atoms with Gasteiger partial charge in [0.25, 0.3) is 0 Å². The zero-order valence-electron chi connectivity index (χ0n) is 9.56. The van der Waals surface area contributed by atoms with Crippen LogP contribution >= 0.6 is 0 Å². The van der Waals surface area contributed by atoms with Crippen LogP contribution in [-0.2, 0) is 14.9 Å². The molecule has 1 atom stereocenters. The maximum atomic E-state index is 11.4. The van der Waals surface area contributed by atoms with Crippen LogP contribution in [0.3, 0.4) is 0 Å². The summed E-state index contributed by atoms with van der Waals surface area (Å²) in [5, 5.41) is 8.93. The summed E-state index contributed by atoms with van der Waals surface area (Å²) in [5.74, 6) is -0.0937. The number of amides is 1. The lowest BCUT2D eigenvalue weighted by atomic mass is 10.1. The largest absolute Gasteiger partial charge is 0.449 e. The van der Waals surface area contributed by atoms with E-state index in [0.29, 0.717) is 0 Å².